The molecule has 2 nitrogen and oxygen atoms in total. The topological polar surface area (TPSA) is 29.3 Å². The molecule has 2 N–H and O–H groups in total. The number of benzene rings is 1. The fourth-order valence-corrected chi connectivity index (χ4v) is 2.47. The van der Waals surface area contributed by atoms with Crippen molar-refractivity contribution in [3.05, 3.63) is 23.8 Å². The molecule has 0 spiro atoms. The van der Waals surface area contributed by atoms with Gasteiger partial charge in [-0.3, -0.25) is 0 Å². The number of nitrogen functional groups attached to an aromatic ring is 1. The highest BCUT2D eigenvalue weighted by molar-refractivity contribution is 5.61. The standard InChI is InChI=1S/C14H22N2/c1-4-14(5-2)9-16(10-14)12-7-6-11(3)13(15)8-12/h6-8H,4-5,9-10,15H2,1-3H3. The van der Waals surface area contributed by atoms with Gasteiger partial charge in [0.05, 0.1) is 0 Å². The first-order chi connectivity index (χ1) is 7.60. The summed E-state index contributed by atoms with van der Waals surface area (Å²) in [6, 6.07) is 6.40. The van der Waals surface area contributed by atoms with Crippen LogP contribution in [-0.4, -0.2) is 13.1 Å². The predicted molar refractivity (Wildman–Crippen MR) is 70.8 cm³/mol. The van der Waals surface area contributed by atoms with Crippen molar-refractivity contribution in [1.82, 2.24) is 0 Å². The van der Waals surface area contributed by atoms with Crippen molar-refractivity contribution >= 4 is 11.4 Å². The Hall–Kier alpha value is -1.18. The Balaban J connectivity index is 2.09. The summed E-state index contributed by atoms with van der Waals surface area (Å²) in [4.78, 5) is 2.43. The molecule has 0 atom stereocenters. The van der Waals surface area contributed by atoms with Gasteiger partial charge in [-0.2, -0.15) is 0 Å². The number of aryl methyl sites for hydroxylation is 1. The second-order valence-electron chi connectivity index (χ2n) is 5.10. The van der Waals surface area contributed by atoms with Crippen LogP contribution < -0.4 is 10.6 Å². The van der Waals surface area contributed by atoms with Crippen LogP contribution in [0.25, 0.3) is 0 Å². The molecule has 1 aliphatic heterocycles. The largest absolute Gasteiger partial charge is 0.398 e. The Morgan fingerprint density at radius 3 is 2.38 bits per heavy atom. The van der Waals surface area contributed by atoms with Gasteiger partial charge in [0.25, 0.3) is 0 Å². The van der Waals surface area contributed by atoms with Crippen molar-refractivity contribution < 1.29 is 0 Å². The van der Waals surface area contributed by atoms with Gasteiger partial charge in [0.2, 0.25) is 0 Å². The highest BCUT2D eigenvalue weighted by Gasteiger charge is 2.39. The summed E-state index contributed by atoms with van der Waals surface area (Å²) in [6.45, 7) is 9.01. The number of rotatable bonds is 3. The molecule has 1 saturated heterocycles. The minimum atomic E-state index is 0.555. The highest BCUT2D eigenvalue weighted by atomic mass is 15.2. The summed E-state index contributed by atoms with van der Waals surface area (Å²) >= 11 is 0. The van der Waals surface area contributed by atoms with Gasteiger partial charge >= 0.3 is 0 Å². The third-order valence-electron chi connectivity index (χ3n) is 4.18. The molecule has 0 aliphatic carbocycles. The highest BCUT2D eigenvalue weighted by Crippen LogP contribution is 2.40. The number of nitrogens with two attached hydrogens (primary N) is 1. The third-order valence-corrected chi connectivity index (χ3v) is 4.18. The Morgan fingerprint density at radius 1 is 1.25 bits per heavy atom. The van der Waals surface area contributed by atoms with Crippen molar-refractivity contribution in [3.63, 3.8) is 0 Å². The molecule has 88 valence electrons. The lowest BCUT2D eigenvalue weighted by atomic mass is 9.75. The lowest BCUT2D eigenvalue weighted by Crippen LogP contribution is -2.55. The maximum Gasteiger partial charge on any atom is 0.0387 e. The first kappa shape index (κ1) is 11.3. The SMILES string of the molecule is CCC1(CC)CN(c2ccc(C)c(N)c2)C1. The molecule has 0 unspecified atom stereocenters. The van der Waals surface area contributed by atoms with Crippen LogP contribution in [0.15, 0.2) is 18.2 Å². The molecule has 0 radical (unpaired) electrons. The lowest BCUT2D eigenvalue weighted by molar-refractivity contribution is 0.194. The normalized spacial score (nSPS) is 18.3. The molecule has 16 heavy (non-hydrogen) atoms. The molecule has 2 rings (SSSR count). The Bertz CT molecular complexity index is 372. The zero-order chi connectivity index (χ0) is 11.8. The summed E-state index contributed by atoms with van der Waals surface area (Å²) in [6.07, 6.45) is 2.56. The zero-order valence-electron chi connectivity index (χ0n) is 10.6. The van der Waals surface area contributed by atoms with Gasteiger partial charge in [0, 0.05) is 29.9 Å². The molecule has 1 aromatic carbocycles. The van der Waals surface area contributed by atoms with Gasteiger partial charge < -0.3 is 10.6 Å². The second-order valence-corrected chi connectivity index (χ2v) is 5.10. The molecule has 0 bridgehead atoms. The monoisotopic (exact) mass is 218 g/mol. The zero-order valence-corrected chi connectivity index (χ0v) is 10.6. The third kappa shape index (κ3) is 1.77. The van der Waals surface area contributed by atoms with Gasteiger partial charge in [-0.05, 0) is 37.5 Å². The fourth-order valence-electron chi connectivity index (χ4n) is 2.47. The first-order valence-electron chi connectivity index (χ1n) is 6.21. The van der Waals surface area contributed by atoms with Gasteiger partial charge in [-0.1, -0.05) is 19.9 Å². The van der Waals surface area contributed by atoms with E-state index in [0.29, 0.717) is 5.41 Å². The van der Waals surface area contributed by atoms with Crippen molar-refractivity contribution in [2.75, 3.05) is 23.7 Å². The molecular weight excluding hydrogens is 196 g/mol. The van der Waals surface area contributed by atoms with E-state index in [4.69, 9.17) is 5.73 Å². The Morgan fingerprint density at radius 2 is 1.88 bits per heavy atom. The molecule has 1 heterocycles. The summed E-state index contributed by atoms with van der Waals surface area (Å²) in [5, 5.41) is 0. The summed E-state index contributed by atoms with van der Waals surface area (Å²) in [7, 11) is 0. The van der Waals surface area contributed by atoms with E-state index in [-0.39, 0.29) is 0 Å². The van der Waals surface area contributed by atoms with E-state index in [2.05, 4.69) is 43.9 Å². The number of hydrogen-bond acceptors (Lipinski definition) is 2. The van der Waals surface area contributed by atoms with E-state index < -0.39 is 0 Å². The first-order valence-corrected chi connectivity index (χ1v) is 6.21. The average Bonchev–Trinajstić information content (AvgIpc) is 2.23. The van der Waals surface area contributed by atoms with Crippen LogP contribution in [0.5, 0.6) is 0 Å². The van der Waals surface area contributed by atoms with E-state index in [1.54, 1.807) is 0 Å². The molecule has 0 aromatic heterocycles. The molecule has 2 heteroatoms. The van der Waals surface area contributed by atoms with Crippen LogP contribution in [0.3, 0.4) is 0 Å². The summed E-state index contributed by atoms with van der Waals surface area (Å²) < 4.78 is 0. The van der Waals surface area contributed by atoms with Crippen molar-refractivity contribution in [2.45, 2.75) is 33.6 Å². The van der Waals surface area contributed by atoms with E-state index in [0.717, 1.165) is 5.69 Å². The minimum absolute atomic E-state index is 0.555. The van der Waals surface area contributed by atoms with Crippen LogP contribution in [0, 0.1) is 12.3 Å². The van der Waals surface area contributed by atoms with Gasteiger partial charge in [0.15, 0.2) is 0 Å². The average molecular weight is 218 g/mol. The predicted octanol–water partition coefficient (Wildman–Crippen LogP) is 3.20. The van der Waals surface area contributed by atoms with E-state index in [1.807, 2.05) is 0 Å². The van der Waals surface area contributed by atoms with Crippen LogP contribution >= 0.6 is 0 Å². The molecule has 1 fully saturated rings. The molecule has 1 aliphatic rings. The molecular formula is C14H22N2. The smallest absolute Gasteiger partial charge is 0.0387 e. The molecule has 1 aromatic rings. The van der Waals surface area contributed by atoms with Crippen molar-refractivity contribution in [1.29, 1.82) is 0 Å². The Kier molecular flexibility index (Phi) is 2.83. The van der Waals surface area contributed by atoms with Crippen LogP contribution in [0.1, 0.15) is 32.3 Å². The van der Waals surface area contributed by atoms with E-state index >= 15 is 0 Å². The van der Waals surface area contributed by atoms with Crippen LogP contribution in [0.4, 0.5) is 11.4 Å². The number of anilines is 2. The summed E-state index contributed by atoms with van der Waals surface area (Å²) in [5.74, 6) is 0. The Labute approximate surface area is 98.4 Å². The van der Waals surface area contributed by atoms with Crippen LogP contribution in [0.2, 0.25) is 0 Å². The van der Waals surface area contributed by atoms with Crippen molar-refractivity contribution in [2.24, 2.45) is 5.41 Å². The lowest BCUT2D eigenvalue weighted by Gasteiger charge is -2.51. The fraction of sp³-hybridized carbons (Fsp3) is 0.571. The quantitative estimate of drug-likeness (QED) is 0.789. The molecule has 0 saturated carbocycles. The minimum Gasteiger partial charge on any atom is -0.398 e. The summed E-state index contributed by atoms with van der Waals surface area (Å²) in [5.41, 5.74) is 9.85. The second kappa shape index (κ2) is 4.00. The van der Waals surface area contributed by atoms with E-state index in [9.17, 15) is 0 Å². The van der Waals surface area contributed by atoms with Crippen molar-refractivity contribution in [3.8, 4) is 0 Å². The maximum atomic E-state index is 5.94. The maximum absolute atomic E-state index is 5.94. The molecule has 0 amide bonds. The van der Waals surface area contributed by atoms with Gasteiger partial charge in [-0.25, -0.2) is 0 Å². The van der Waals surface area contributed by atoms with Gasteiger partial charge in [0.1, 0.15) is 0 Å². The van der Waals surface area contributed by atoms with Crippen LogP contribution in [-0.2, 0) is 0 Å². The number of hydrogen-bond donors (Lipinski definition) is 1. The van der Waals surface area contributed by atoms with Gasteiger partial charge in [-0.15, -0.1) is 0 Å². The van der Waals surface area contributed by atoms with E-state index in [1.165, 1.54) is 37.2 Å². The number of nitrogens with zero attached hydrogens (tertiary/aromatic N) is 1.